The average molecular weight is 455 g/mol. The molecule has 3 amide bonds. The summed E-state index contributed by atoms with van der Waals surface area (Å²) >= 11 is 0. The number of nitrogens with one attached hydrogen (secondary N) is 1. The molecule has 5 nitrogen and oxygen atoms in total. The van der Waals surface area contributed by atoms with E-state index in [-0.39, 0.29) is 24.3 Å². The summed E-state index contributed by atoms with van der Waals surface area (Å²) < 4.78 is 0. The molecule has 0 aliphatic carbocycles. The molecule has 174 valence electrons. The van der Waals surface area contributed by atoms with Gasteiger partial charge < -0.3 is 5.32 Å². The van der Waals surface area contributed by atoms with E-state index in [0.717, 1.165) is 34.2 Å². The smallest absolute Gasteiger partial charge is 0.261 e. The molecular weight excluding hydrogens is 424 g/mol. The van der Waals surface area contributed by atoms with Crippen molar-refractivity contribution in [1.29, 1.82) is 0 Å². The van der Waals surface area contributed by atoms with Crippen molar-refractivity contribution in [2.75, 3.05) is 6.54 Å². The molecule has 0 saturated carbocycles. The van der Waals surface area contributed by atoms with Gasteiger partial charge in [-0.05, 0) is 72.2 Å². The fourth-order valence-corrected chi connectivity index (χ4v) is 4.53. The Morgan fingerprint density at radius 1 is 0.824 bits per heavy atom. The minimum atomic E-state index is -0.288. The highest BCUT2D eigenvalue weighted by molar-refractivity contribution is 6.21. The number of benzene rings is 3. The molecule has 0 aromatic heterocycles. The van der Waals surface area contributed by atoms with Crippen LogP contribution in [0.3, 0.4) is 0 Å². The Hall–Kier alpha value is -3.73. The second-order valence-corrected chi connectivity index (χ2v) is 9.29. The zero-order valence-corrected chi connectivity index (χ0v) is 20.1. The minimum absolute atomic E-state index is 0.116. The summed E-state index contributed by atoms with van der Waals surface area (Å²) in [5.41, 5.74) is 5.99. The Morgan fingerprint density at radius 3 is 2.03 bits per heavy atom. The molecular formula is C29H30N2O3. The number of aryl methyl sites for hydroxylation is 2. The van der Waals surface area contributed by atoms with Crippen LogP contribution in [0.25, 0.3) is 11.1 Å². The molecule has 4 rings (SSSR count). The molecule has 1 aliphatic rings. The van der Waals surface area contributed by atoms with Crippen LogP contribution >= 0.6 is 0 Å². The summed E-state index contributed by atoms with van der Waals surface area (Å²) in [6, 6.07) is 18.5. The minimum Gasteiger partial charge on any atom is -0.352 e. The van der Waals surface area contributed by atoms with Crippen LogP contribution in [0.2, 0.25) is 0 Å². The maximum atomic E-state index is 13.2. The van der Waals surface area contributed by atoms with Crippen molar-refractivity contribution in [3.8, 4) is 11.1 Å². The predicted octanol–water partition coefficient (Wildman–Crippen LogP) is 5.54. The quantitative estimate of drug-likeness (QED) is 0.477. The lowest BCUT2D eigenvalue weighted by atomic mass is 9.88. The van der Waals surface area contributed by atoms with Gasteiger partial charge in [0.25, 0.3) is 17.7 Å². The summed E-state index contributed by atoms with van der Waals surface area (Å²) in [6.45, 7) is 8.99. The van der Waals surface area contributed by atoms with E-state index in [4.69, 9.17) is 0 Å². The van der Waals surface area contributed by atoms with Gasteiger partial charge in [0.05, 0.1) is 17.7 Å². The van der Waals surface area contributed by atoms with E-state index in [9.17, 15) is 14.4 Å². The fourth-order valence-electron chi connectivity index (χ4n) is 4.53. The number of hydrogen-bond acceptors (Lipinski definition) is 3. The number of fused-ring (bicyclic) bond motifs is 1. The van der Waals surface area contributed by atoms with E-state index in [2.05, 4.69) is 19.2 Å². The van der Waals surface area contributed by atoms with E-state index >= 15 is 0 Å². The highest BCUT2D eigenvalue weighted by Gasteiger charge is 2.35. The Morgan fingerprint density at radius 2 is 1.41 bits per heavy atom. The molecule has 1 heterocycles. The van der Waals surface area contributed by atoms with Crippen LogP contribution in [0.1, 0.15) is 68.0 Å². The zero-order chi connectivity index (χ0) is 24.4. The van der Waals surface area contributed by atoms with Crippen molar-refractivity contribution in [3.63, 3.8) is 0 Å². The second-order valence-electron chi connectivity index (χ2n) is 9.29. The Labute approximate surface area is 200 Å². The molecule has 3 aromatic rings. The van der Waals surface area contributed by atoms with Gasteiger partial charge in [0, 0.05) is 12.1 Å². The molecule has 0 saturated heterocycles. The third-order valence-electron chi connectivity index (χ3n) is 6.34. The predicted molar refractivity (Wildman–Crippen MR) is 134 cm³/mol. The zero-order valence-electron chi connectivity index (χ0n) is 20.1. The van der Waals surface area contributed by atoms with E-state index in [1.54, 1.807) is 24.3 Å². The first-order valence-corrected chi connectivity index (χ1v) is 11.7. The monoisotopic (exact) mass is 454 g/mol. The van der Waals surface area contributed by atoms with Gasteiger partial charge in [0.15, 0.2) is 0 Å². The molecule has 0 bridgehead atoms. The van der Waals surface area contributed by atoms with Crippen LogP contribution in [0, 0.1) is 19.8 Å². The van der Waals surface area contributed by atoms with Crippen molar-refractivity contribution in [2.45, 2.75) is 40.7 Å². The Balaban J connectivity index is 1.73. The van der Waals surface area contributed by atoms with Gasteiger partial charge in [0.1, 0.15) is 0 Å². The van der Waals surface area contributed by atoms with Gasteiger partial charge in [-0.1, -0.05) is 56.3 Å². The maximum absolute atomic E-state index is 13.2. The van der Waals surface area contributed by atoms with Crippen molar-refractivity contribution in [1.82, 2.24) is 10.2 Å². The van der Waals surface area contributed by atoms with Crippen LogP contribution in [-0.2, 0) is 6.54 Å². The first-order chi connectivity index (χ1) is 16.3. The Kier molecular flexibility index (Phi) is 6.64. The van der Waals surface area contributed by atoms with Crippen LogP contribution in [-0.4, -0.2) is 29.2 Å². The Bertz CT molecular complexity index is 1240. The highest BCUT2D eigenvalue weighted by Crippen LogP contribution is 2.35. The van der Waals surface area contributed by atoms with Crippen molar-refractivity contribution < 1.29 is 14.4 Å². The fraction of sp³-hybridized carbons (Fsp3) is 0.276. The lowest BCUT2D eigenvalue weighted by Gasteiger charge is -2.21. The molecule has 0 atom stereocenters. The van der Waals surface area contributed by atoms with Crippen LogP contribution in [0.4, 0.5) is 0 Å². The molecule has 1 N–H and O–H groups in total. The highest BCUT2D eigenvalue weighted by atomic mass is 16.2. The summed E-state index contributed by atoms with van der Waals surface area (Å²) in [4.78, 5) is 40.5. The van der Waals surface area contributed by atoms with Gasteiger partial charge in [-0.3, -0.25) is 19.3 Å². The molecule has 3 aromatic carbocycles. The van der Waals surface area contributed by atoms with Gasteiger partial charge >= 0.3 is 0 Å². The number of imide groups is 1. The SMILES string of the molecule is Cc1cccc(CN2C(=O)c3ccccc3C2=O)c1-c1c(C)cccc1C(=O)NCCC(C)C. The van der Waals surface area contributed by atoms with Crippen LogP contribution in [0.15, 0.2) is 60.7 Å². The second kappa shape index (κ2) is 9.64. The van der Waals surface area contributed by atoms with Crippen LogP contribution in [0.5, 0.6) is 0 Å². The van der Waals surface area contributed by atoms with E-state index in [1.165, 1.54) is 4.90 Å². The number of carbonyl (C=O) groups excluding carboxylic acids is 3. The van der Waals surface area contributed by atoms with Gasteiger partial charge in [-0.25, -0.2) is 0 Å². The van der Waals surface area contributed by atoms with Gasteiger partial charge in [-0.15, -0.1) is 0 Å². The summed E-state index contributed by atoms with van der Waals surface area (Å²) in [6.07, 6.45) is 0.905. The maximum Gasteiger partial charge on any atom is 0.261 e. The van der Waals surface area contributed by atoms with Gasteiger partial charge in [-0.2, -0.15) is 0 Å². The van der Waals surface area contributed by atoms with Gasteiger partial charge in [0.2, 0.25) is 0 Å². The number of hydrogen-bond donors (Lipinski definition) is 1. The lowest BCUT2D eigenvalue weighted by molar-refractivity contribution is 0.0642. The number of nitrogens with zero attached hydrogens (tertiary/aromatic N) is 1. The molecule has 0 fully saturated rings. The third-order valence-corrected chi connectivity index (χ3v) is 6.34. The van der Waals surface area contributed by atoms with E-state index in [0.29, 0.717) is 29.2 Å². The largest absolute Gasteiger partial charge is 0.352 e. The van der Waals surface area contributed by atoms with Crippen molar-refractivity contribution >= 4 is 17.7 Å². The summed E-state index contributed by atoms with van der Waals surface area (Å²) in [5, 5.41) is 3.05. The number of amides is 3. The van der Waals surface area contributed by atoms with E-state index in [1.807, 2.05) is 50.2 Å². The van der Waals surface area contributed by atoms with Crippen LogP contribution < -0.4 is 5.32 Å². The third kappa shape index (κ3) is 4.38. The number of carbonyl (C=O) groups is 3. The molecule has 5 heteroatoms. The summed E-state index contributed by atoms with van der Waals surface area (Å²) in [7, 11) is 0. The molecule has 0 unspecified atom stereocenters. The summed E-state index contributed by atoms with van der Waals surface area (Å²) in [5.74, 6) is -0.192. The number of rotatable bonds is 7. The first-order valence-electron chi connectivity index (χ1n) is 11.7. The molecule has 1 aliphatic heterocycles. The topological polar surface area (TPSA) is 66.5 Å². The average Bonchev–Trinajstić information content (AvgIpc) is 3.04. The van der Waals surface area contributed by atoms with E-state index < -0.39 is 0 Å². The first kappa shape index (κ1) is 23.4. The van der Waals surface area contributed by atoms with Crippen molar-refractivity contribution in [3.05, 3.63) is 94.0 Å². The molecule has 34 heavy (non-hydrogen) atoms. The van der Waals surface area contributed by atoms with Crippen molar-refractivity contribution in [2.24, 2.45) is 5.92 Å². The standard InChI is InChI=1S/C29H30N2O3/c1-18(2)15-16-30-27(32)24-14-8-10-20(4)26(24)25-19(3)9-7-11-21(25)17-31-28(33)22-12-5-6-13-23(22)29(31)34/h5-14,18H,15-17H2,1-4H3,(H,30,32). The lowest BCUT2D eigenvalue weighted by Crippen LogP contribution is -2.29. The normalized spacial score (nSPS) is 12.9. The molecule has 0 spiro atoms. The molecule has 0 radical (unpaired) electrons.